The molecule has 0 spiro atoms. The lowest BCUT2D eigenvalue weighted by Crippen LogP contribution is -2.47. The van der Waals surface area contributed by atoms with Crippen LogP contribution >= 0.6 is 0 Å². The molecule has 1 fully saturated rings. The van der Waals surface area contributed by atoms with Gasteiger partial charge in [0.15, 0.2) is 0 Å². The van der Waals surface area contributed by atoms with Crippen molar-refractivity contribution in [3.8, 4) is 0 Å². The van der Waals surface area contributed by atoms with Crippen molar-refractivity contribution in [2.24, 2.45) is 5.41 Å². The van der Waals surface area contributed by atoms with E-state index in [-0.39, 0.29) is 23.7 Å². The molecule has 1 aliphatic heterocycles. The smallest absolute Gasteiger partial charge is 0.384 e. The normalized spacial score (nSPS) is 18.3. The minimum Gasteiger partial charge on any atom is -0.384 e. The van der Waals surface area contributed by atoms with Gasteiger partial charge in [-0.05, 0) is 43.5 Å². The van der Waals surface area contributed by atoms with Crippen LogP contribution in [0.4, 0.5) is 13.2 Å². The Morgan fingerprint density at radius 2 is 2.04 bits per heavy atom. The van der Waals surface area contributed by atoms with E-state index in [1.807, 2.05) is 0 Å². The van der Waals surface area contributed by atoms with Crippen molar-refractivity contribution < 1.29 is 22.7 Å². The summed E-state index contributed by atoms with van der Waals surface area (Å²) < 4.78 is 43.8. The molecule has 1 atom stereocenters. The summed E-state index contributed by atoms with van der Waals surface area (Å²) in [5.41, 5.74) is -0.241. The van der Waals surface area contributed by atoms with Crippen LogP contribution in [0.5, 0.6) is 0 Å². The van der Waals surface area contributed by atoms with Crippen LogP contribution in [0.1, 0.15) is 43.2 Å². The van der Waals surface area contributed by atoms with E-state index >= 15 is 0 Å². The summed E-state index contributed by atoms with van der Waals surface area (Å²) in [6.45, 7) is 4.65. The minimum absolute atomic E-state index is 0.0743. The van der Waals surface area contributed by atoms with Gasteiger partial charge in [0.25, 0.3) is 0 Å². The first-order valence-corrected chi connectivity index (χ1v) is 8.89. The van der Waals surface area contributed by atoms with Crippen molar-refractivity contribution in [3.63, 3.8) is 0 Å². The van der Waals surface area contributed by atoms with Gasteiger partial charge in [0.2, 0.25) is 5.91 Å². The molecule has 1 aromatic rings. The molecule has 1 aromatic carbocycles. The predicted molar refractivity (Wildman–Crippen MR) is 93.9 cm³/mol. The van der Waals surface area contributed by atoms with Gasteiger partial charge in [0, 0.05) is 25.5 Å². The van der Waals surface area contributed by atoms with Gasteiger partial charge in [-0.3, -0.25) is 4.79 Å². The third kappa shape index (κ3) is 5.71. The number of alkyl halides is 3. The van der Waals surface area contributed by atoms with E-state index in [0.29, 0.717) is 18.7 Å². The molecule has 1 unspecified atom stereocenters. The van der Waals surface area contributed by atoms with Crippen LogP contribution in [0, 0.1) is 5.41 Å². The second-order valence-corrected chi connectivity index (χ2v) is 7.19. The molecule has 2 rings (SSSR count). The third-order valence-electron chi connectivity index (χ3n) is 5.05. The van der Waals surface area contributed by atoms with E-state index in [1.165, 1.54) is 6.07 Å². The van der Waals surface area contributed by atoms with E-state index in [9.17, 15) is 18.0 Å². The molecule has 2 N–H and O–H groups in total. The second kappa shape index (κ2) is 8.86. The topological polar surface area (TPSA) is 50.4 Å². The molecule has 26 heavy (non-hydrogen) atoms. The highest BCUT2D eigenvalue weighted by Crippen LogP contribution is 2.32. The Hall–Kier alpha value is -1.60. The van der Waals surface area contributed by atoms with Crippen LogP contribution in [-0.2, 0) is 15.7 Å². The number of methoxy groups -OCH3 is 1. The third-order valence-corrected chi connectivity index (χ3v) is 5.05. The fourth-order valence-electron chi connectivity index (χ4n) is 3.41. The van der Waals surface area contributed by atoms with Crippen LogP contribution in [0.25, 0.3) is 0 Å². The Labute approximate surface area is 152 Å². The lowest BCUT2D eigenvalue weighted by atomic mass is 9.79. The zero-order valence-corrected chi connectivity index (χ0v) is 15.3. The quantitative estimate of drug-likeness (QED) is 0.772. The standard InChI is InChI=1S/C19H27F3N2O2/c1-14(15-4-3-5-16(11-15)19(20,21)22)10-17(25)24-12-18(13-26-2)6-8-23-9-7-18/h3-5,11,14,23H,6-10,12-13H2,1-2H3,(H,24,25). The van der Waals surface area contributed by atoms with Crippen molar-refractivity contribution in [1.29, 1.82) is 0 Å². The van der Waals surface area contributed by atoms with Gasteiger partial charge in [0.1, 0.15) is 0 Å². The molecule has 0 radical (unpaired) electrons. The number of hydrogen-bond donors (Lipinski definition) is 2. The lowest BCUT2D eigenvalue weighted by molar-refractivity contribution is -0.137. The maximum Gasteiger partial charge on any atom is 0.416 e. The van der Waals surface area contributed by atoms with Crippen LogP contribution < -0.4 is 10.6 Å². The Morgan fingerprint density at radius 3 is 2.65 bits per heavy atom. The number of halogens is 3. The lowest BCUT2D eigenvalue weighted by Gasteiger charge is -2.37. The molecule has 1 amide bonds. The van der Waals surface area contributed by atoms with E-state index in [4.69, 9.17) is 4.74 Å². The molecule has 0 aromatic heterocycles. The summed E-state index contributed by atoms with van der Waals surface area (Å²) in [7, 11) is 1.65. The molecule has 0 bridgehead atoms. The summed E-state index contributed by atoms with van der Waals surface area (Å²) in [6.07, 6.45) is -2.38. The maximum absolute atomic E-state index is 12.8. The monoisotopic (exact) mass is 372 g/mol. The second-order valence-electron chi connectivity index (χ2n) is 7.19. The summed E-state index contributed by atoms with van der Waals surface area (Å²) in [5.74, 6) is -0.437. The summed E-state index contributed by atoms with van der Waals surface area (Å²) in [4.78, 5) is 12.3. The average molecular weight is 372 g/mol. The van der Waals surface area contributed by atoms with E-state index in [2.05, 4.69) is 10.6 Å². The number of rotatable bonds is 7. The van der Waals surface area contributed by atoms with Gasteiger partial charge in [-0.1, -0.05) is 25.1 Å². The fraction of sp³-hybridized carbons (Fsp3) is 0.632. The first-order chi connectivity index (χ1) is 12.3. The Balaban J connectivity index is 1.92. The summed E-state index contributed by atoms with van der Waals surface area (Å²) in [6, 6.07) is 5.18. The first-order valence-electron chi connectivity index (χ1n) is 8.89. The van der Waals surface area contributed by atoms with Crippen molar-refractivity contribution in [2.75, 3.05) is 33.4 Å². The van der Waals surface area contributed by atoms with Gasteiger partial charge in [0.05, 0.1) is 12.2 Å². The Morgan fingerprint density at radius 1 is 1.35 bits per heavy atom. The highest BCUT2D eigenvalue weighted by molar-refractivity contribution is 5.76. The molecule has 146 valence electrons. The van der Waals surface area contributed by atoms with Gasteiger partial charge < -0.3 is 15.4 Å². The molecule has 1 heterocycles. The van der Waals surface area contributed by atoms with E-state index in [1.54, 1.807) is 20.1 Å². The van der Waals surface area contributed by atoms with Crippen LogP contribution in [0.2, 0.25) is 0 Å². The molecular formula is C19H27F3N2O2. The number of hydrogen-bond acceptors (Lipinski definition) is 3. The maximum atomic E-state index is 12.8. The van der Waals surface area contributed by atoms with Crippen LogP contribution in [0.3, 0.4) is 0 Å². The number of amides is 1. The number of carbonyl (C=O) groups is 1. The number of piperidine rings is 1. The van der Waals surface area contributed by atoms with Crippen LogP contribution in [0.15, 0.2) is 24.3 Å². The highest BCUT2D eigenvalue weighted by Gasteiger charge is 2.33. The van der Waals surface area contributed by atoms with Gasteiger partial charge in [-0.15, -0.1) is 0 Å². The molecular weight excluding hydrogens is 345 g/mol. The van der Waals surface area contributed by atoms with E-state index in [0.717, 1.165) is 38.1 Å². The SMILES string of the molecule is COCC1(CNC(=O)CC(C)c2cccc(C(F)(F)F)c2)CCNCC1. The zero-order chi connectivity index (χ0) is 19.2. The molecule has 0 saturated carbocycles. The molecule has 1 aliphatic rings. The summed E-state index contributed by atoms with van der Waals surface area (Å²) >= 11 is 0. The average Bonchev–Trinajstić information content (AvgIpc) is 2.60. The van der Waals surface area contributed by atoms with Crippen molar-refractivity contribution in [2.45, 2.75) is 38.3 Å². The van der Waals surface area contributed by atoms with Crippen molar-refractivity contribution >= 4 is 5.91 Å². The van der Waals surface area contributed by atoms with Crippen molar-refractivity contribution in [3.05, 3.63) is 35.4 Å². The minimum atomic E-state index is -4.38. The zero-order valence-electron chi connectivity index (χ0n) is 15.3. The van der Waals surface area contributed by atoms with Crippen LogP contribution in [-0.4, -0.2) is 39.3 Å². The number of carbonyl (C=O) groups excluding carboxylic acids is 1. The largest absolute Gasteiger partial charge is 0.416 e. The molecule has 4 nitrogen and oxygen atoms in total. The Bertz CT molecular complexity index is 593. The first kappa shape index (κ1) is 20.7. The highest BCUT2D eigenvalue weighted by atomic mass is 19.4. The van der Waals surface area contributed by atoms with E-state index < -0.39 is 11.7 Å². The van der Waals surface area contributed by atoms with Gasteiger partial charge in [-0.25, -0.2) is 0 Å². The number of benzene rings is 1. The number of ether oxygens (including phenoxy) is 1. The molecule has 7 heteroatoms. The molecule has 0 aliphatic carbocycles. The predicted octanol–water partition coefficient (Wildman–Crippen LogP) is 3.33. The number of nitrogens with one attached hydrogen (secondary N) is 2. The van der Waals surface area contributed by atoms with Gasteiger partial charge >= 0.3 is 6.18 Å². The molecule has 1 saturated heterocycles. The van der Waals surface area contributed by atoms with Crippen molar-refractivity contribution in [1.82, 2.24) is 10.6 Å². The van der Waals surface area contributed by atoms with Gasteiger partial charge in [-0.2, -0.15) is 13.2 Å². The summed E-state index contributed by atoms with van der Waals surface area (Å²) in [5, 5.41) is 6.25. The fourth-order valence-corrected chi connectivity index (χ4v) is 3.41. The Kier molecular flexibility index (Phi) is 7.06.